The van der Waals surface area contributed by atoms with Gasteiger partial charge in [0.15, 0.2) is 0 Å². The second-order valence-corrected chi connectivity index (χ2v) is 5.88. The van der Waals surface area contributed by atoms with Gasteiger partial charge in [0.1, 0.15) is 5.82 Å². The van der Waals surface area contributed by atoms with Crippen LogP contribution in [-0.4, -0.2) is 42.9 Å². The van der Waals surface area contributed by atoms with Crippen molar-refractivity contribution in [2.45, 2.75) is 25.0 Å². The number of nitrogens with zero attached hydrogens (tertiary/aromatic N) is 1. The molecule has 1 aliphatic rings. The van der Waals surface area contributed by atoms with Crippen LogP contribution in [0, 0.1) is 5.82 Å². The van der Waals surface area contributed by atoms with Crippen LogP contribution in [0.5, 0.6) is 0 Å². The summed E-state index contributed by atoms with van der Waals surface area (Å²) in [7, 11) is 1.58. The molecule has 106 valence electrons. The normalized spacial score (nSPS) is 21.8. The van der Waals surface area contributed by atoms with Gasteiger partial charge < -0.3 is 9.84 Å². The predicted molar refractivity (Wildman–Crippen MR) is 75.5 cm³/mol. The van der Waals surface area contributed by atoms with E-state index in [0.717, 1.165) is 29.4 Å². The molecular weight excluding hydrogens is 313 g/mol. The lowest BCUT2D eigenvalue weighted by atomic mass is 10.0. The number of ether oxygens (including phenoxy) is 1. The van der Waals surface area contributed by atoms with E-state index in [1.165, 1.54) is 6.07 Å². The first kappa shape index (κ1) is 14.9. The maximum Gasteiger partial charge on any atom is 0.124 e. The lowest BCUT2D eigenvalue weighted by Gasteiger charge is -2.27. The van der Waals surface area contributed by atoms with Crippen molar-refractivity contribution < 1.29 is 14.2 Å². The second kappa shape index (κ2) is 6.79. The second-order valence-electron chi connectivity index (χ2n) is 4.96. The van der Waals surface area contributed by atoms with Crippen LogP contribution in [0.25, 0.3) is 0 Å². The van der Waals surface area contributed by atoms with Crippen LogP contribution >= 0.6 is 15.9 Å². The Bertz CT molecular complexity index is 410. The Hall–Kier alpha value is -0.490. The van der Waals surface area contributed by atoms with Gasteiger partial charge in [0.05, 0.1) is 12.7 Å². The summed E-state index contributed by atoms with van der Waals surface area (Å²) in [6.07, 6.45) is 1.57. The van der Waals surface area contributed by atoms with Crippen LogP contribution in [0.15, 0.2) is 22.7 Å². The monoisotopic (exact) mass is 331 g/mol. The highest BCUT2D eigenvalue weighted by atomic mass is 79.9. The van der Waals surface area contributed by atoms with E-state index in [2.05, 4.69) is 20.8 Å². The topological polar surface area (TPSA) is 32.7 Å². The van der Waals surface area contributed by atoms with Gasteiger partial charge in [-0.25, -0.2) is 4.39 Å². The van der Waals surface area contributed by atoms with E-state index < -0.39 is 6.10 Å². The number of rotatable bonds is 5. The quantitative estimate of drug-likeness (QED) is 0.900. The number of methoxy groups -OCH3 is 1. The van der Waals surface area contributed by atoms with Crippen LogP contribution in [0.4, 0.5) is 4.39 Å². The van der Waals surface area contributed by atoms with Gasteiger partial charge in [-0.2, -0.15) is 0 Å². The van der Waals surface area contributed by atoms with Gasteiger partial charge >= 0.3 is 0 Å². The molecule has 1 aromatic rings. The summed E-state index contributed by atoms with van der Waals surface area (Å²) < 4.78 is 19.2. The smallest absolute Gasteiger partial charge is 0.124 e. The van der Waals surface area contributed by atoms with E-state index in [0.29, 0.717) is 13.2 Å². The fourth-order valence-electron chi connectivity index (χ4n) is 2.71. The number of halogens is 2. The highest BCUT2D eigenvalue weighted by Crippen LogP contribution is 2.33. The van der Waals surface area contributed by atoms with Crippen molar-refractivity contribution in [2.75, 3.05) is 26.8 Å². The molecule has 19 heavy (non-hydrogen) atoms. The van der Waals surface area contributed by atoms with E-state index in [9.17, 15) is 9.50 Å². The molecule has 5 heteroatoms. The molecule has 1 aliphatic heterocycles. The van der Waals surface area contributed by atoms with Gasteiger partial charge in [-0.15, -0.1) is 0 Å². The number of likely N-dealkylation sites (tertiary alicyclic amines) is 1. The highest BCUT2D eigenvalue weighted by Gasteiger charge is 2.28. The molecule has 0 saturated carbocycles. The zero-order valence-electron chi connectivity index (χ0n) is 11.0. The summed E-state index contributed by atoms with van der Waals surface area (Å²) in [6, 6.07) is 5.17. The Balaban J connectivity index is 2.09. The van der Waals surface area contributed by atoms with Gasteiger partial charge in [0.2, 0.25) is 0 Å². The molecule has 0 radical (unpaired) electrons. The molecule has 1 N–H and O–H groups in total. The lowest BCUT2D eigenvalue weighted by Crippen LogP contribution is -2.34. The molecule has 0 spiro atoms. The van der Waals surface area contributed by atoms with E-state index in [4.69, 9.17) is 4.74 Å². The van der Waals surface area contributed by atoms with Crippen molar-refractivity contribution in [1.82, 2.24) is 4.90 Å². The fraction of sp³-hybridized carbons (Fsp3) is 0.571. The number of aliphatic hydroxyl groups is 1. The minimum absolute atomic E-state index is 0.179. The molecule has 1 aromatic carbocycles. The third-order valence-corrected chi connectivity index (χ3v) is 3.90. The Morgan fingerprint density at radius 3 is 3.00 bits per heavy atom. The molecule has 1 heterocycles. The van der Waals surface area contributed by atoms with E-state index >= 15 is 0 Å². The summed E-state index contributed by atoms with van der Waals surface area (Å²) in [5, 5.41) is 9.83. The van der Waals surface area contributed by atoms with Crippen LogP contribution in [0.3, 0.4) is 0 Å². The van der Waals surface area contributed by atoms with Crippen molar-refractivity contribution in [3.63, 3.8) is 0 Å². The summed E-state index contributed by atoms with van der Waals surface area (Å²) in [5.41, 5.74) is 0.967. The van der Waals surface area contributed by atoms with Gasteiger partial charge in [-0.3, -0.25) is 4.90 Å². The SMILES string of the molecule is COC[C@H](O)CN1CCC[C@@H]1c1cc(F)cc(Br)c1. The van der Waals surface area contributed by atoms with Crippen LogP contribution in [-0.2, 0) is 4.74 Å². The third-order valence-electron chi connectivity index (χ3n) is 3.44. The number of benzene rings is 1. The van der Waals surface area contributed by atoms with Gasteiger partial charge in [-0.05, 0) is 43.1 Å². The van der Waals surface area contributed by atoms with Crippen molar-refractivity contribution in [1.29, 1.82) is 0 Å². The van der Waals surface area contributed by atoms with Crippen molar-refractivity contribution >= 4 is 15.9 Å². The Labute approximate surface area is 121 Å². The van der Waals surface area contributed by atoms with Crippen molar-refractivity contribution in [2.24, 2.45) is 0 Å². The first-order valence-corrected chi connectivity index (χ1v) is 7.26. The summed E-state index contributed by atoms with van der Waals surface area (Å²) in [5.74, 6) is -0.228. The molecule has 0 aromatic heterocycles. The van der Waals surface area contributed by atoms with Crippen LogP contribution in [0.2, 0.25) is 0 Å². The summed E-state index contributed by atoms with van der Waals surface area (Å²) >= 11 is 3.33. The predicted octanol–water partition coefficient (Wildman–Crippen LogP) is 2.73. The van der Waals surface area contributed by atoms with Gasteiger partial charge in [0, 0.05) is 24.2 Å². The maximum atomic E-state index is 13.5. The summed E-state index contributed by atoms with van der Waals surface area (Å²) in [6.45, 7) is 1.82. The third kappa shape index (κ3) is 3.99. The molecule has 3 nitrogen and oxygen atoms in total. The maximum absolute atomic E-state index is 13.5. The number of aliphatic hydroxyl groups excluding tert-OH is 1. The Kier molecular flexibility index (Phi) is 5.33. The largest absolute Gasteiger partial charge is 0.389 e. The standard InChI is InChI=1S/C14H19BrFNO2/c1-19-9-13(18)8-17-4-2-3-14(17)10-5-11(15)7-12(16)6-10/h5-7,13-14,18H,2-4,8-9H2,1H3/t13-,14-/m1/s1. The molecule has 0 aliphatic carbocycles. The number of β-amino-alcohol motifs (C(OH)–C–C–N with tert-alkyl or cyclic N) is 1. The van der Waals surface area contributed by atoms with Gasteiger partial charge in [-0.1, -0.05) is 15.9 Å². The number of hydrogen-bond donors (Lipinski definition) is 1. The molecule has 0 bridgehead atoms. The molecule has 2 rings (SSSR count). The molecule has 1 fully saturated rings. The average Bonchev–Trinajstić information content (AvgIpc) is 2.76. The molecule has 2 atom stereocenters. The zero-order chi connectivity index (χ0) is 13.8. The van der Waals surface area contributed by atoms with E-state index in [1.807, 2.05) is 6.07 Å². The Morgan fingerprint density at radius 2 is 2.32 bits per heavy atom. The molecule has 0 amide bonds. The van der Waals surface area contributed by atoms with E-state index in [1.54, 1.807) is 13.2 Å². The van der Waals surface area contributed by atoms with Crippen molar-refractivity contribution in [3.8, 4) is 0 Å². The Morgan fingerprint density at radius 1 is 1.53 bits per heavy atom. The van der Waals surface area contributed by atoms with Gasteiger partial charge in [0.25, 0.3) is 0 Å². The highest BCUT2D eigenvalue weighted by molar-refractivity contribution is 9.10. The zero-order valence-corrected chi connectivity index (χ0v) is 12.6. The first-order chi connectivity index (χ1) is 9.10. The average molecular weight is 332 g/mol. The molecule has 0 unspecified atom stereocenters. The number of hydrogen-bond acceptors (Lipinski definition) is 3. The minimum atomic E-state index is -0.498. The van der Waals surface area contributed by atoms with Crippen LogP contribution in [0.1, 0.15) is 24.4 Å². The van der Waals surface area contributed by atoms with E-state index in [-0.39, 0.29) is 11.9 Å². The first-order valence-electron chi connectivity index (χ1n) is 6.47. The molecular formula is C14H19BrFNO2. The summed E-state index contributed by atoms with van der Waals surface area (Å²) in [4.78, 5) is 2.20. The minimum Gasteiger partial charge on any atom is -0.389 e. The molecule has 1 saturated heterocycles. The van der Waals surface area contributed by atoms with Crippen molar-refractivity contribution in [3.05, 3.63) is 34.1 Å². The fourth-order valence-corrected chi connectivity index (χ4v) is 3.19. The van der Waals surface area contributed by atoms with Crippen LogP contribution < -0.4 is 0 Å². The lowest BCUT2D eigenvalue weighted by molar-refractivity contribution is 0.0346.